The van der Waals surface area contributed by atoms with Gasteiger partial charge in [-0.05, 0) is 32.4 Å². The molecule has 2 rings (SSSR count). The summed E-state index contributed by atoms with van der Waals surface area (Å²) >= 11 is 0. The van der Waals surface area contributed by atoms with E-state index in [1.807, 2.05) is 7.05 Å². The average Bonchev–Trinajstić information content (AvgIpc) is 2.29. The molecule has 0 aromatic heterocycles. The average molecular weight is 240 g/mol. The predicted molar refractivity (Wildman–Crippen MR) is 69.2 cm³/mol. The first-order chi connectivity index (χ1) is 8.29. The van der Waals surface area contributed by atoms with Crippen LogP contribution in [-0.2, 0) is 0 Å². The van der Waals surface area contributed by atoms with Crippen LogP contribution in [0.4, 0.5) is 0 Å². The Labute approximate surface area is 104 Å². The minimum atomic E-state index is -0.120. The number of nitrogens with zero attached hydrogens (tertiary/aromatic N) is 3. The van der Waals surface area contributed by atoms with Crippen molar-refractivity contribution in [3.63, 3.8) is 0 Å². The first-order valence-corrected chi connectivity index (χ1v) is 6.65. The monoisotopic (exact) mass is 240 g/mol. The van der Waals surface area contributed by atoms with Crippen LogP contribution >= 0.6 is 0 Å². The van der Waals surface area contributed by atoms with Crippen molar-refractivity contribution in [2.45, 2.75) is 25.4 Å². The van der Waals surface area contributed by atoms with Crippen molar-refractivity contribution >= 4 is 5.96 Å². The van der Waals surface area contributed by atoms with Gasteiger partial charge in [-0.25, -0.2) is 0 Å². The first kappa shape index (κ1) is 12.6. The highest BCUT2D eigenvalue weighted by atomic mass is 16.3. The normalized spacial score (nSPS) is 23.6. The van der Waals surface area contributed by atoms with Crippen LogP contribution < -0.4 is 5.32 Å². The second-order valence-corrected chi connectivity index (χ2v) is 4.89. The quantitative estimate of drug-likeness (QED) is 0.526. The fourth-order valence-electron chi connectivity index (χ4n) is 2.34. The van der Waals surface area contributed by atoms with Crippen LogP contribution in [0, 0.1) is 0 Å². The fraction of sp³-hybridized carbons (Fsp3) is 0.917. The summed E-state index contributed by atoms with van der Waals surface area (Å²) < 4.78 is 0. The van der Waals surface area contributed by atoms with Crippen LogP contribution in [0.3, 0.4) is 0 Å². The highest BCUT2D eigenvalue weighted by molar-refractivity contribution is 5.79. The van der Waals surface area contributed by atoms with Gasteiger partial charge < -0.3 is 20.2 Å². The highest BCUT2D eigenvalue weighted by Crippen LogP contribution is 2.09. The number of rotatable bonds is 3. The topological polar surface area (TPSA) is 51.1 Å². The maximum Gasteiger partial charge on any atom is 0.193 e. The Morgan fingerprint density at radius 2 is 2.00 bits per heavy atom. The van der Waals surface area contributed by atoms with Crippen LogP contribution in [0.1, 0.15) is 19.3 Å². The molecule has 0 aromatic rings. The predicted octanol–water partition coefficient (Wildman–Crippen LogP) is -0.276. The number of aliphatic hydroxyl groups excluding tert-OH is 1. The molecule has 0 saturated carbocycles. The zero-order chi connectivity index (χ0) is 12.1. The number of aliphatic hydroxyl groups is 1. The van der Waals surface area contributed by atoms with Crippen LogP contribution in [0.5, 0.6) is 0 Å². The molecule has 0 aromatic carbocycles. The van der Waals surface area contributed by atoms with E-state index < -0.39 is 0 Å². The summed E-state index contributed by atoms with van der Waals surface area (Å²) in [5.41, 5.74) is 0. The van der Waals surface area contributed by atoms with Gasteiger partial charge >= 0.3 is 0 Å². The van der Waals surface area contributed by atoms with Crippen molar-refractivity contribution in [3.05, 3.63) is 0 Å². The van der Waals surface area contributed by atoms with Crippen LogP contribution in [0.2, 0.25) is 0 Å². The van der Waals surface area contributed by atoms with Crippen molar-refractivity contribution < 1.29 is 5.11 Å². The molecule has 17 heavy (non-hydrogen) atoms. The molecule has 2 aliphatic rings. The number of guanidine groups is 1. The van der Waals surface area contributed by atoms with Crippen molar-refractivity contribution in [2.24, 2.45) is 4.99 Å². The lowest BCUT2D eigenvalue weighted by Crippen LogP contribution is -2.49. The Bertz CT molecular complexity index is 257. The van der Waals surface area contributed by atoms with E-state index in [-0.39, 0.29) is 6.10 Å². The SMILES string of the molecule is CN=C(NCCN1CCC1)N1CCC(O)CC1. The zero-order valence-corrected chi connectivity index (χ0v) is 10.7. The van der Waals surface area contributed by atoms with E-state index in [4.69, 9.17) is 0 Å². The van der Waals surface area contributed by atoms with Gasteiger partial charge in [0.1, 0.15) is 0 Å². The van der Waals surface area contributed by atoms with Gasteiger partial charge in [0.25, 0.3) is 0 Å². The molecule has 0 aliphatic carbocycles. The Kier molecular flexibility index (Phi) is 4.62. The fourth-order valence-corrected chi connectivity index (χ4v) is 2.34. The minimum absolute atomic E-state index is 0.120. The summed E-state index contributed by atoms with van der Waals surface area (Å²) in [7, 11) is 1.83. The molecular formula is C12H24N4O. The molecule has 0 unspecified atom stereocenters. The third-order valence-corrected chi connectivity index (χ3v) is 3.64. The Balaban J connectivity index is 1.68. The van der Waals surface area contributed by atoms with Crippen molar-refractivity contribution in [2.75, 3.05) is 46.3 Å². The van der Waals surface area contributed by atoms with Gasteiger partial charge in [-0.1, -0.05) is 0 Å². The van der Waals surface area contributed by atoms with Gasteiger partial charge in [-0.2, -0.15) is 0 Å². The van der Waals surface area contributed by atoms with E-state index in [1.54, 1.807) is 0 Å². The minimum Gasteiger partial charge on any atom is -0.393 e. The van der Waals surface area contributed by atoms with Crippen LogP contribution in [0.15, 0.2) is 4.99 Å². The lowest BCUT2D eigenvalue weighted by molar-refractivity contribution is 0.107. The van der Waals surface area contributed by atoms with E-state index in [2.05, 4.69) is 20.1 Å². The van der Waals surface area contributed by atoms with Crippen molar-refractivity contribution in [1.29, 1.82) is 0 Å². The molecule has 2 fully saturated rings. The number of piperidine rings is 1. The van der Waals surface area contributed by atoms with E-state index in [0.29, 0.717) is 0 Å². The molecule has 2 saturated heterocycles. The number of aliphatic imine (C=N–C) groups is 1. The van der Waals surface area contributed by atoms with Crippen LogP contribution in [-0.4, -0.2) is 73.3 Å². The third kappa shape index (κ3) is 3.57. The van der Waals surface area contributed by atoms with E-state index in [0.717, 1.165) is 45.0 Å². The molecule has 98 valence electrons. The summed E-state index contributed by atoms with van der Waals surface area (Å²) in [5, 5.41) is 12.9. The van der Waals surface area contributed by atoms with Crippen molar-refractivity contribution in [1.82, 2.24) is 15.1 Å². The summed E-state index contributed by atoms with van der Waals surface area (Å²) in [6.07, 6.45) is 2.93. The number of hydrogen-bond donors (Lipinski definition) is 2. The van der Waals surface area contributed by atoms with Crippen molar-refractivity contribution in [3.8, 4) is 0 Å². The molecular weight excluding hydrogens is 216 g/mol. The van der Waals surface area contributed by atoms with Gasteiger partial charge in [-0.15, -0.1) is 0 Å². The first-order valence-electron chi connectivity index (χ1n) is 6.65. The van der Waals surface area contributed by atoms with Gasteiger partial charge in [-0.3, -0.25) is 4.99 Å². The second kappa shape index (κ2) is 6.21. The molecule has 5 heteroatoms. The molecule has 2 aliphatic heterocycles. The summed E-state index contributed by atoms with van der Waals surface area (Å²) in [6, 6.07) is 0. The zero-order valence-electron chi connectivity index (χ0n) is 10.7. The number of nitrogens with one attached hydrogen (secondary N) is 1. The maximum atomic E-state index is 9.48. The molecule has 0 radical (unpaired) electrons. The summed E-state index contributed by atoms with van der Waals surface area (Å²) in [5.74, 6) is 0.984. The molecule has 0 spiro atoms. The standard InChI is InChI=1S/C12H24N4O/c1-13-12(14-5-10-15-6-2-7-15)16-8-3-11(17)4-9-16/h11,17H,2-10H2,1H3,(H,13,14). The maximum absolute atomic E-state index is 9.48. The molecule has 0 atom stereocenters. The number of likely N-dealkylation sites (tertiary alicyclic amines) is 2. The van der Waals surface area contributed by atoms with Gasteiger partial charge in [0, 0.05) is 33.2 Å². The second-order valence-electron chi connectivity index (χ2n) is 4.89. The Hall–Kier alpha value is -0.810. The molecule has 2 heterocycles. The largest absolute Gasteiger partial charge is 0.393 e. The third-order valence-electron chi connectivity index (χ3n) is 3.64. The van der Waals surface area contributed by atoms with Gasteiger partial charge in [0.2, 0.25) is 0 Å². The van der Waals surface area contributed by atoms with E-state index >= 15 is 0 Å². The summed E-state index contributed by atoms with van der Waals surface area (Å²) in [6.45, 7) is 6.38. The highest BCUT2D eigenvalue weighted by Gasteiger charge is 2.19. The molecule has 0 amide bonds. The molecule has 2 N–H and O–H groups in total. The van der Waals surface area contributed by atoms with E-state index in [1.165, 1.54) is 19.5 Å². The van der Waals surface area contributed by atoms with Crippen LogP contribution in [0.25, 0.3) is 0 Å². The van der Waals surface area contributed by atoms with E-state index in [9.17, 15) is 5.11 Å². The lowest BCUT2D eigenvalue weighted by Gasteiger charge is -2.34. The lowest BCUT2D eigenvalue weighted by atomic mass is 10.1. The van der Waals surface area contributed by atoms with Gasteiger partial charge in [0.05, 0.1) is 6.10 Å². The molecule has 0 bridgehead atoms. The summed E-state index contributed by atoms with van der Waals surface area (Å²) in [4.78, 5) is 8.99. The Morgan fingerprint density at radius 1 is 1.29 bits per heavy atom. The smallest absolute Gasteiger partial charge is 0.193 e. The number of hydrogen-bond acceptors (Lipinski definition) is 3. The Morgan fingerprint density at radius 3 is 2.53 bits per heavy atom. The molecule has 5 nitrogen and oxygen atoms in total. The van der Waals surface area contributed by atoms with Gasteiger partial charge in [0.15, 0.2) is 5.96 Å².